The molecule has 0 bridgehead atoms. The molecule has 1 amide bonds. The summed E-state index contributed by atoms with van der Waals surface area (Å²) in [4.78, 5) is 24.7. The van der Waals surface area contributed by atoms with Crippen LogP contribution in [0.15, 0.2) is 6.20 Å². The van der Waals surface area contributed by atoms with E-state index in [1.54, 1.807) is 11.9 Å². The van der Waals surface area contributed by atoms with Gasteiger partial charge in [-0.25, -0.2) is 0 Å². The number of carbonyl (C=O) groups is 1. The van der Waals surface area contributed by atoms with E-state index in [9.17, 15) is 14.9 Å². The van der Waals surface area contributed by atoms with Crippen LogP contribution in [0.25, 0.3) is 0 Å². The van der Waals surface area contributed by atoms with Crippen molar-refractivity contribution in [3.8, 4) is 0 Å². The summed E-state index contributed by atoms with van der Waals surface area (Å²) in [7, 11) is 1.56. The summed E-state index contributed by atoms with van der Waals surface area (Å²) in [6.45, 7) is 3.96. The maximum Gasteiger partial charge on any atom is 0.320 e. The first kappa shape index (κ1) is 13.5. The Kier molecular flexibility index (Phi) is 3.55. The molecule has 1 saturated heterocycles. The number of nitrogens with zero attached hydrogens (tertiary/aromatic N) is 4. The quantitative estimate of drug-likeness (QED) is 0.603. The third-order valence-electron chi connectivity index (χ3n) is 3.75. The zero-order valence-corrected chi connectivity index (χ0v) is 11.4. The summed E-state index contributed by atoms with van der Waals surface area (Å²) < 4.78 is 1.29. The molecule has 0 radical (unpaired) electrons. The molecule has 1 fully saturated rings. The molecule has 2 atom stereocenters. The lowest BCUT2D eigenvalue weighted by Gasteiger charge is -2.38. The van der Waals surface area contributed by atoms with Crippen molar-refractivity contribution in [1.82, 2.24) is 14.7 Å². The van der Waals surface area contributed by atoms with Crippen LogP contribution in [-0.4, -0.2) is 37.6 Å². The van der Waals surface area contributed by atoms with E-state index < -0.39 is 4.92 Å². The van der Waals surface area contributed by atoms with Crippen molar-refractivity contribution in [3.05, 3.63) is 22.0 Å². The number of hydrogen-bond acceptors (Lipinski definition) is 4. The van der Waals surface area contributed by atoms with Crippen LogP contribution in [0, 0.1) is 10.1 Å². The number of aryl methyl sites for hydroxylation is 1. The molecule has 7 nitrogen and oxygen atoms in total. The van der Waals surface area contributed by atoms with Gasteiger partial charge in [0.15, 0.2) is 0 Å². The van der Waals surface area contributed by atoms with Gasteiger partial charge >= 0.3 is 5.69 Å². The van der Waals surface area contributed by atoms with Crippen LogP contribution >= 0.6 is 0 Å². The van der Waals surface area contributed by atoms with Crippen molar-refractivity contribution in [1.29, 1.82) is 0 Å². The molecule has 1 aliphatic heterocycles. The molecule has 0 N–H and O–H groups in total. The van der Waals surface area contributed by atoms with Crippen LogP contribution in [0.5, 0.6) is 0 Å². The molecule has 1 aliphatic rings. The molecule has 0 aliphatic carbocycles. The molecule has 0 aromatic carbocycles. The van der Waals surface area contributed by atoms with Crippen molar-refractivity contribution in [3.63, 3.8) is 0 Å². The number of piperidine rings is 1. The van der Waals surface area contributed by atoms with Crippen LogP contribution in [0.4, 0.5) is 5.69 Å². The van der Waals surface area contributed by atoms with Crippen LogP contribution < -0.4 is 0 Å². The fourth-order valence-corrected chi connectivity index (χ4v) is 2.75. The van der Waals surface area contributed by atoms with Crippen LogP contribution in [0.1, 0.15) is 43.6 Å². The Morgan fingerprint density at radius 1 is 1.42 bits per heavy atom. The maximum absolute atomic E-state index is 12.6. The van der Waals surface area contributed by atoms with Gasteiger partial charge in [-0.2, -0.15) is 5.10 Å². The summed E-state index contributed by atoms with van der Waals surface area (Å²) in [5.41, 5.74) is -0.164. The van der Waals surface area contributed by atoms with Crippen LogP contribution in [0.3, 0.4) is 0 Å². The zero-order chi connectivity index (χ0) is 14.2. The highest BCUT2D eigenvalue weighted by Gasteiger charge is 2.35. The average molecular weight is 266 g/mol. The van der Waals surface area contributed by atoms with Crippen LogP contribution in [0.2, 0.25) is 0 Å². The minimum absolute atomic E-state index is 0.0607. The molecule has 1 aromatic heterocycles. The number of aromatic nitrogens is 2. The molecule has 0 saturated carbocycles. The molecule has 2 heterocycles. The first-order chi connectivity index (χ1) is 8.93. The standard InChI is InChI=1S/C12H18N4O3/c1-8-5-4-6-9(2)15(8)12(17)11-10(16(18)19)7-13-14(11)3/h7-9H,4-6H2,1-3H3/t8-,9-/m0/s1. The van der Waals surface area contributed by atoms with E-state index in [0.29, 0.717) is 0 Å². The monoisotopic (exact) mass is 266 g/mol. The summed E-state index contributed by atoms with van der Waals surface area (Å²) in [6.07, 6.45) is 4.08. The number of amides is 1. The van der Waals surface area contributed by atoms with Gasteiger partial charge in [0.25, 0.3) is 5.91 Å². The van der Waals surface area contributed by atoms with Gasteiger partial charge < -0.3 is 4.90 Å². The number of nitro groups is 1. The number of likely N-dealkylation sites (tertiary alicyclic amines) is 1. The Labute approximate surface area is 111 Å². The second-order valence-electron chi connectivity index (χ2n) is 5.10. The lowest BCUT2D eigenvalue weighted by molar-refractivity contribution is -0.385. The van der Waals surface area contributed by atoms with E-state index in [2.05, 4.69) is 5.10 Å². The fraction of sp³-hybridized carbons (Fsp3) is 0.667. The van der Waals surface area contributed by atoms with Crippen molar-refractivity contribution in [2.45, 2.75) is 45.2 Å². The second kappa shape index (κ2) is 4.99. The largest absolute Gasteiger partial charge is 0.332 e. The summed E-state index contributed by atoms with van der Waals surface area (Å²) in [5, 5.41) is 14.8. The molecular weight excluding hydrogens is 248 g/mol. The highest BCUT2D eigenvalue weighted by atomic mass is 16.6. The van der Waals surface area contributed by atoms with Crippen molar-refractivity contribution in [2.75, 3.05) is 0 Å². The Morgan fingerprint density at radius 3 is 2.53 bits per heavy atom. The van der Waals surface area contributed by atoms with Crippen LogP contribution in [-0.2, 0) is 7.05 Å². The minimum Gasteiger partial charge on any atom is -0.332 e. The number of carbonyl (C=O) groups excluding carboxylic acids is 1. The topological polar surface area (TPSA) is 81.3 Å². The first-order valence-electron chi connectivity index (χ1n) is 6.42. The van der Waals surface area contributed by atoms with Gasteiger partial charge in [0.05, 0.1) is 4.92 Å². The third kappa shape index (κ3) is 2.32. The lowest BCUT2D eigenvalue weighted by Crippen LogP contribution is -2.48. The van der Waals surface area contributed by atoms with Gasteiger partial charge in [0.2, 0.25) is 5.69 Å². The molecule has 7 heteroatoms. The molecule has 0 unspecified atom stereocenters. The van der Waals surface area contributed by atoms with E-state index >= 15 is 0 Å². The van der Waals surface area contributed by atoms with Crippen molar-refractivity contribution >= 4 is 11.6 Å². The first-order valence-corrected chi connectivity index (χ1v) is 6.42. The lowest BCUT2D eigenvalue weighted by atomic mass is 9.97. The Hall–Kier alpha value is -1.92. The van der Waals surface area contributed by atoms with Crippen molar-refractivity contribution in [2.24, 2.45) is 7.05 Å². The molecule has 104 valence electrons. The third-order valence-corrected chi connectivity index (χ3v) is 3.75. The predicted molar refractivity (Wildman–Crippen MR) is 68.8 cm³/mol. The number of hydrogen-bond donors (Lipinski definition) is 0. The highest BCUT2D eigenvalue weighted by Crippen LogP contribution is 2.27. The maximum atomic E-state index is 12.6. The Morgan fingerprint density at radius 2 is 2.00 bits per heavy atom. The Balaban J connectivity index is 2.38. The molecule has 0 spiro atoms. The van der Waals surface area contributed by atoms with E-state index in [-0.39, 0.29) is 29.4 Å². The summed E-state index contributed by atoms with van der Waals surface area (Å²) >= 11 is 0. The van der Waals surface area contributed by atoms with E-state index in [1.165, 1.54) is 4.68 Å². The van der Waals surface area contributed by atoms with Gasteiger partial charge in [-0.3, -0.25) is 19.6 Å². The van der Waals surface area contributed by atoms with Gasteiger partial charge in [-0.1, -0.05) is 0 Å². The normalized spacial score (nSPS) is 23.4. The second-order valence-corrected chi connectivity index (χ2v) is 5.10. The molecule has 2 rings (SSSR count). The SMILES string of the molecule is C[C@H]1CCC[C@H](C)N1C(=O)c1c([N+](=O)[O-])cnn1C. The highest BCUT2D eigenvalue weighted by molar-refractivity contribution is 5.96. The molecule has 19 heavy (non-hydrogen) atoms. The summed E-state index contributed by atoms with van der Waals surface area (Å²) in [5.74, 6) is -0.300. The molecular formula is C12H18N4O3. The van der Waals surface area contributed by atoms with Gasteiger partial charge in [0, 0.05) is 19.1 Å². The minimum atomic E-state index is -0.556. The van der Waals surface area contributed by atoms with Gasteiger partial charge in [0.1, 0.15) is 6.20 Å². The van der Waals surface area contributed by atoms with E-state index in [4.69, 9.17) is 0 Å². The number of rotatable bonds is 2. The Bertz CT molecular complexity index is 501. The average Bonchev–Trinajstić information content (AvgIpc) is 2.70. The van der Waals surface area contributed by atoms with E-state index in [0.717, 1.165) is 25.5 Å². The summed E-state index contributed by atoms with van der Waals surface area (Å²) in [6, 6.07) is 0.205. The zero-order valence-electron chi connectivity index (χ0n) is 11.4. The smallest absolute Gasteiger partial charge is 0.320 e. The van der Waals surface area contributed by atoms with Gasteiger partial charge in [-0.15, -0.1) is 0 Å². The van der Waals surface area contributed by atoms with Gasteiger partial charge in [-0.05, 0) is 33.1 Å². The van der Waals surface area contributed by atoms with E-state index in [1.807, 2.05) is 13.8 Å². The van der Waals surface area contributed by atoms with Crippen molar-refractivity contribution < 1.29 is 9.72 Å². The fourth-order valence-electron chi connectivity index (χ4n) is 2.75. The predicted octanol–water partition coefficient (Wildman–Crippen LogP) is 1.73. The molecule has 1 aromatic rings.